The van der Waals surface area contributed by atoms with E-state index in [0.29, 0.717) is 18.2 Å². The number of hydrogen-bond acceptors (Lipinski definition) is 3. The van der Waals surface area contributed by atoms with Crippen LogP contribution in [0.25, 0.3) is 10.9 Å². The van der Waals surface area contributed by atoms with Crippen molar-refractivity contribution >= 4 is 22.5 Å². The molecule has 106 valence electrons. The maximum absolute atomic E-state index is 6.13. The lowest BCUT2D eigenvalue weighted by atomic mass is 10.1. The molecule has 0 saturated heterocycles. The molecule has 0 bridgehead atoms. The first-order chi connectivity index (χ1) is 10.3. The Morgan fingerprint density at radius 3 is 2.71 bits per heavy atom. The molecule has 2 N–H and O–H groups in total. The zero-order valence-electron chi connectivity index (χ0n) is 11.4. The van der Waals surface area contributed by atoms with E-state index in [0.717, 1.165) is 27.8 Å². The third kappa shape index (κ3) is 2.84. The molecule has 0 amide bonds. The van der Waals surface area contributed by atoms with Gasteiger partial charge in [0.1, 0.15) is 12.4 Å². The van der Waals surface area contributed by atoms with Crippen molar-refractivity contribution in [3.05, 3.63) is 70.9 Å². The first-order valence-corrected chi connectivity index (χ1v) is 7.10. The number of aromatic nitrogens is 1. The van der Waals surface area contributed by atoms with Crippen LogP contribution >= 0.6 is 11.6 Å². The van der Waals surface area contributed by atoms with Crippen molar-refractivity contribution in [3.8, 4) is 5.75 Å². The molecule has 3 aromatic rings. The fourth-order valence-electron chi connectivity index (χ4n) is 2.31. The van der Waals surface area contributed by atoms with Crippen molar-refractivity contribution < 1.29 is 4.74 Å². The van der Waals surface area contributed by atoms with Crippen LogP contribution in [0.4, 0.5) is 0 Å². The van der Waals surface area contributed by atoms with Crippen molar-refractivity contribution in [3.63, 3.8) is 0 Å². The number of halogens is 1. The van der Waals surface area contributed by atoms with E-state index in [2.05, 4.69) is 4.98 Å². The number of ether oxygens (including phenoxy) is 1. The van der Waals surface area contributed by atoms with Crippen LogP contribution in [0.3, 0.4) is 0 Å². The molecule has 0 aliphatic heterocycles. The van der Waals surface area contributed by atoms with Gasteiger partial charge in [-0.25, -0.2) is 0 Å². The largest absolute Gasteiger partial charge is 0.488 e. The summed E-state index contributed by atoms with van der Waals surface area (Å²) in [6.45, 7) is 0.782. The summed E-state index contributed by atoms with van der Waals surface area (Å²) < 4.78 is 5.90. The standard InChI is InChI=1S/C17H15ClN2O/c18-15-7-2-8-16(14(15)10-19)21-11-13-5-1-4-12-6-3-9-20-17(12)13/h1-9H,10-11,19H2. The molecule has 3 rings (SSSR count). The third-order valence-electron chi connectivity index (χ3n) is 3.38. The second-order valence-corrected chi connectivity index (χ2v) is 5.11. The third-order valence-corrected chi connectivity index (χ3v) is 3.73. The number of fused-ring (bicyclic) bond motifs is 1. The summed E-state index contributed by atoms with van der Waals surface area (Å²) in [6.07, 6.45) is 1.79. The van der Waals surface area contributed by atoms with Crippen LogP contribution in [0.1, 0.15) is 11.1 Å². The zero-order valence-corrected chi connectivity index (χ0v) is 12.2. The van der Waals surface area contributed by atoms with Gasteiger partial charge < -0.3 is 10.5 Å². The van der Waals surface area contributed by atoms with Gasteiger partial charge in [0.05, 0.1) is 5.52 Å². The highest BCUT2D eigenvalue weighted by Gasteiger charge is 2.08. The Bertz CT molecular complexity index is 768. The van der Waals surface area contributed by atoms with Gasteiger partial charge in [-0.05, 0) is 18.2 Å². The highest BCUT2D eigenvalue weighted by molar-refractivity contribution is 6.31. The molecule has 0 aliphatic carbocycles. The second kappa shape index (κ2) is 6.12. The Labute approximate surface area is 128 Å². The maximum atomic E-state index is 6.13. The van der Waals surface area contributed by atoms with E-state index in [9.17, 15) is 0 Å². The quantitative estimate of drug-likeness (QED) is 0.794. The fourth-order valence-corrected chi connectivity index (χ4v) is 2.55. The molecule has 4 heteroatoms. The number of rotatable bonds is 4. The van der Waals surface area contributed by atoms with E-state index in [1.807, 2.05) is 48.5 Å². The molecule has 1 heterocycles. The van der Waals surface area contributed by atoms with E-state index < -0.39 is 0 Å². The van der Waals surface area contributed by atoms with Gasteiger partial charge in [-0.15, -0.1) is 0 Å². The average molecular weight is 299 g/mol. The van der Waals surface area contributed by atoms with E-state index >= 15 is 0 Å². The summed E-state index contributed by atoms with van der Waals surface area (Å²) in [5.41, 5.74) is 8.55. The Morgan fingerprint density at radius 2 is 1.86 bits per heavy atom. The minimum absolute atomic E-state index is 0.350. The van der Waals surface area contributed by atoms with E-state index in [-0.39, 0.29) is 0 Å². The molecule has 0 spiro atoms. The van der Waals surface area contributed by atoms with Crippen LogP contribution < -0.4 is 10.5 Å². The lowest BCUT2D eigenvalue weighted by Gasteiger charge is -2.12. The lowest BCUT2D eigenvalue weighted by Crippen LogP contribution is -2.04. The Kier molecular flexibility index (Phi) is 4.04. The summed E-state index contributed by atoms with van der Waals surface area (Å²) in [7, 11) is 0. The number of benzene rings is 2. The van der Waals surface area contributed by atoms with Crippen LogP contribution in [-0.2, 0) is 13.2 Å². The predicted molar refractivity (Wildman–Crippen MR) is 85.4 cm³/mol. The van der Waals surface area contributed by atoms with Crippen molar-refractivity contribution in [1.82, 2.24) is 4.98 Å². The second-order valence-electron chi connectivity index (χ2n) is 4.70. The van der Waals surface area contributed by atoms with Gasteiger partial charge in [0.2, 0.25) is 0 Å². The maximum Gasteiger partial charge on any atom is 0.125 e. The van der Waals surface area contributed by atoms with E-state index in [1.54, 1.807) is 6.20 Å². The molecule has 2 aromatic carbocycles. The number of para-hydroxylation sites is 1. The average Bonchev–Trinajstić information content (AvgIpc) is 2.53. The highest BCUT2D eigenvalue weighted by Crippen LogP contribution is 2.27. The molecule has 3 nitrogen and oxygen atoms in total. The van der Waals surface area contributed by atoms with Crippen molar-refractivity contribution in [2.75, 3.05) is 0 Å². The van der Waals surface area contributed by atoms with Gasteiger partial charge in [-0.3, -0.25) is 4.98 Å². The summed E-state index contributed by atoms with van der Waals surface area (Å²) >= 11 is 6.13. The lowest BCUT2D eigenvalue weighted by molar-refractivity contribution is 0.304. The number of nitrogens with two attached hydrogens (primary N) is 1. The summed E-state index contributed by atoms with van der Waals surface area (Å²) in [5, 5.41) is 1.73. The van der Waals surface area contributed by atoms with Crippen LogP contribution in [-0.4, -0.2) is 4.98 Å². The Morgan fingerprint density at radius 1 is 1.05 bits per heavy atom. The number of hydrogen-bond donors (Lipinski definition) is 1. The molecular formula is C17H15ClN2O. The summed E-state index contributed by atoms with van der Waals surface area (Å²) in [4.78, 5) is 4.42. The number of nitrogens with zero attached hydrogens (tertiary/aromatic N) is 1. The first kappa shape index (κ1) is 13.9. The van der Waals surface area contributed by atoms with Gasteiger partial charge in [0, 0.05) is 34.3 Å². The molecule has 0 fully saturated rings. The van der Waals surface area contributed by atoms with Crippen molar-refractivity contribution in [1.29, 1.82) is 0 Å². The van der Waals surface area contributed by atoms with E-state index in [1.165, 1.54) is 0 Å². The molecule has 21 heavy (non-hydrogen) atoms. The van der Waals surface area contributed by atoms with Crippen LogP contribution in [0.2, 0.25) is 5.02 Å². The van der Waals surface area contributed by atoms with Gasteiger partial charge in [0.25, 0.3) is 0 Å². The first-order valence-electron chi connectivity index (χ1n) is 6.72. The smallest absolute Gasteiger partial charge is 0.125 e. The molecule has 0 aliphatic rings. The minimum atomic E-state index is 0.350. The van der Waals surface area contributed by atoms with Crippen LogP contribution in [0.15, 0.2) is 54.7 Å². The molecule has 0 saturated carbocycles. The number of pyridine rings is 1. The monoisotopic (exact) mass is 298 g/mol. The predicted octanol–water partition coefficient (Wildman–Crippen LogP) is 3.93. The topological polar surface area (TPSA) is 48.1 Å². The van der Waals surface area contributed by atoms with Gasteiger partial charge >= 0.3 is 0 Å². The van der Waals surface area contributed by atoms with E-state index in [4.69, 9.17) is 22.1 Å². The van der Waals surface area contributed by atoms with Crippen LogP contribution in [0, 0.1) is 0 Å². The Hall–Kier alpha value is -2.10. The molecule has 1 aromatic heterocycles. The van der Waals surface area contributed by atoms with Gasteiger partial charge in [-0.1, -0.05) is 41.9 Å². The van der Waals surface area contributed by atoms with Gasteiger partial charge in [0.15, 0.2) is 0 Å². The van der Waals surface area contributed by atoms with Crippen LogP contribution in [0.5, 0.6) is 5.75 Å². The molecular weight excluding hydrogens is 284 g/mol. The molecule has 0 unspecified atom stereocenters. The molecule has 0 radical (unpaired) electrons. The summed E-state index contributed by atoms with van der Waals surface area (Å²) in [5.74, 6) is 0.720. The Balaban J connectivity index is 1.89. The van der Waals surface area contributed by atoms with Crippen molar-refractivity contribution in [2.24, 2.45) is 5.73 Å². The highest BCUT2D eigenvalue weighted by atomic mass is 35.5. The SMILES string of the molecule is NCc1c(Cl)cccc1OCc1cccc2cccnc12. The van der Waals surface area contributed by atoms with Gasteiger partial charge in [-0.2, -0.15) is 0 Å². The van der Waals surface area contributed by atoms with Crippen molar-refractivity contribution in [2.45, 2.75) is 13.2 Å². The molecule has 0 atom stereocenters. The zero-order chi connectivity index (χ0) is 14.7. The minimum Gasteiger partial charge on any atom is -0.488 e. The normalized spacial score (nSPS) is 10.8. The fraction of sp³-hybridized carbons (Fsp3) is 0.118. The summed E-state index contributed by atoms with van der Waals surface area (Å²) in [6, 6.07) is 15.6.